The number of fused-ring (bicyclic) bond motifs is 1. The predicted octanol–water partition coefficient (Wildman–Crippen LogP) is 2.74. The van der Waals surface area contributed by atoms with Crippen molar-refractivity contribution < 1.29 is 22.4 Å². The predicted molar refractivity (Wildman–Crippen MR) is 75.6 cm³/mol. The monoisotopic (exact) mass is 338 g/mol. The Morgan fingerprint density at radius 1 is 1.17 bits per heavy atom. The molecule has 1 amide bonds. The van der Waals surface area contributed by atoms with E-state index in [1.807, 2.05) is 5.32 Å². The quantitative estimate of drug-likeness (QED) is 0.744. The second-order valence-corrected chi connectivity index (χ2v) is 4.91. The third-order valence-electron chi connectivity index (χ3n) is 3.38. The van der Waals surface area contributed by atoms with Crippen LogP contribution in [0.1, 0.15) is 22.0 Å². The number of nitrogens with zero attached hydrogens (tertiary/aromatic N) is 3. The summed E-state index contributed by atoms with van der Waals surface area (Å²) in [5, 5.41) is 9.69. The highest BCUT2D eigenvalue weighted by Gasteiger charge is 2.29. The van der Waals surface area contributed by atoms with Gasteiger partial charge in [0.25, 0.3) is 12.3 Å². The van der Waals surface area contributed by atoms with Crippen molar-refractivity contribution in [3.63, 3.8) is 0 Å². The lowest BCUT2D eigenvalue weighted by atomic mass is 10.1. The first-order chi connectivity index (χ1) is 11.5. The van der Waals surface area contributed by atoms with Crippen molar-refractivity contribution in [2.45, 2.75) is 12.5 Å². The van der Waals surface area contributed by atoms with E-state index in [-0.39, 0.29) is 5.56 Å². The molecule has 0 spiro atoms. The minimum Gasteiger partial charge on any atom is -0.339 e. The number of amides is 1. The second kappa shape index (κ2) is 6.26. The molecule has 1 unspecified atom stereocenters. The standard InChI is InChI=1S/C15H10F4N4O/c16-8-3-4-11(17)9(6-8)13(14(18)19)22-15(24)10-7-21-23-12(10)2-1-5-20-23/h1-7,13-14H,(H,22,24). The number of nitrogens with one attached hydrogen (secondary N) is 1. The van der Waals surface area contributed by atoms with Crippen LogP contribution in [0.4, 0.5) is 17.6 Å². The van der Waals surface area contributed by atoms with Crippen molar-refractivity contribution in [1.29, 1.82) is 0 Å². The molecular weight excluding hydrogens is 328 g/mol. The molecule has 0 radical (unpaired) electrons. The van der Waals surface area contributed by atoms with E-state index in [4.69, 9.17) is 0 Å². The molecule has 3 rings (SSSR count). The van der Waals surface area contributed by atoms with Crippen LogP contribution < -0.4 is 5.32 Å². The van der Waals surface area contributed by atoms with Crippen LogP contribution in [-0.4, -0.2) is 27.2 Å². The van der Waals surface area contributed by atoms with E-state index in [2.05, 4.69) is 10.2 Å². The molecule has 0 bridgehead atoms. The average Bonchev–Trinajstić information content (AvgIpc) is 2.99. The van der Waals surface area contributed by atoms with Crippen molar-refractivity contribution >= 4 is 11.4 Å². The normalized spacial score (nSPS) is 12.5. The maximum atomic E-state index is 13.7. The van der Waals surface area contributed by atoms with E-state index in [1.54, 1.807) is 6.07 Å². The first-order valence-corrected chi connectivity index (χ1v) is 6.80. The molecule has 124 valence electrons. The van der Waals surface area contributed by atoms with Crippen LogP contribution in [0.25, 0.3) is 5.52 Å². The number of hydrogen-bond acceptors (Lipinski definition) is 3. The molecule has 2 heterocycles. The smallest absolute Gasteiger partial charge is 0.262 e. The van der Waals surface area contributed by atoms with Gasteiger partial charge in [0, 0.05) is 11.8 Å². The van der Waals surface area contributed by atoms with Crippen LogP contribution in [0.15, 0.2) is 42.7 Å². The molecule has 0 aliphatic carbocycles. The number of carbonyl (C=O) groups is 1. The van der Waals surface area contributed by atoms with Gasteiger partial charge in [-0.2, -0.15) is 14.8 Å². The SMILES string of the molecule is O=C(NC(c1cc(F)ccc1F)C(F)F)c1cnn2ncccc12. The lowest BCUT2D eigenvalue weighted by molar-refractivity contribution is 0.0737. The zero-order valence-electron chi connectivity index (χ0n) is 12.0. The molecule has 0 aliphatic heterocycles. The molecule has 0 fully saturated rings. The van der Waals surface area contributed by atoms with Crippen molar-refractivity contribution in [1.82, 2.24) is 20.1 Å². The largest absolute Gasteiger partial charge is 0.339 e. The molecule has 2 aromatic heterocycles. The van der Waals surface area contributed by atoms with Gasteiger partial charge in [0.1, 0.15) is 23.2 Å². The topological polar surface area (TPSA) is 59.3 Å². The fourth-order valence-electron chi connectivity index (χ4n) is 2.26. The van der Waals surface area contributed by atoms with Gasteiger partial charge in [-0.15, -0.1) is 0 Å². The molecule has 5 nitrogen and oxygen atoms in total. The van der Waals surface area contributed by atoms with E-state index in [1.165, 1.54) is 12.3 Å². The number of alkyl halides is 2. The Hall–Kier alpha value is -2.97. The molecular formula is C15H10F4N4O. The Bertz CT molecular complexity index is 896. The fraction of sp³-hybridized carbons (Fsp3) is 0.133. The molecule has 3 aromatic rings. The molecule has 0 aliphatic rings. The van der Waals surface area contributed by atoms with Gasteiger partial charge in [-0.3, -0.25) is 4.79 Å². The third kappa shape index (κ3) is 2.92. The van der Waals surface area contributed by atoms with Crippen LogP contribution in [0.3, 0.4) is 0 Å². The van der Waals surface area contributed by atoms with Crippen molar-refractivity contribution in [2.24, 2.45) is 0 Å². The average molecular weight is 338 g/mol. The summed E-state index contributed by atoms with van der Waals surface area (Å²) in [4.78, 5) is 12.3. The summed E-state index contributed by atoms with van der Waals surface area (Å²) in [7, 11) is 0. The first kappa shape index (κ1) is 15.9. The number of benzene rings is 1. The fourth-order valence-corrected chi connectivity index (χ4v) is 2.26. The van der Waals surface area contributed by atoms with Crippen molar-refractivity contribution in [3.8, 4) is 0 Å². The third-order valence-corrected chi connectivity index (χ3v) is 3.38. The van der Waals surface area contributed by atoms with E-state index >= 15 is 0 Å². The Morgan fingerprint density at radius 3 is 2.71 bits per heavy atom. The van der Waals surface area contributed by atoms with Gasteiger partial charge >= 0.3 is 0 Å². The van der Waals surface area contributed by atoms with Crippen LogP contribution >= 0.6 is 0 Å². The van der Waals surface area contributed by atoms with E-state index < -0.39 is 35.6 Å². The van der Waals surface area contributed by atoms with Gasteiger partial charge in [0.05, 0.1) is 11.8 Å². The molecule has 1 atom stereocenters. The minimum atomic E-state index is -3.13. The lowest BCUT2D eigenvalue weighted by Crippen LogP contribution is -2.33. The van der Waals surface area contributed by atoms with Gasteiger partial charge in [0.2, 0.25) is 0 Å². The highest BCUT2D eigenvalue weighted by Crippen LogP contribution is 2.25. The number of halogens is 4. The number of rotatable bonds is 4. The highest BCUT2D eigenvalue weighted by atomic mass is 19.3. The first-order valence-electron chi connectivity index (χ1n) is 6.80. The summed E-state index contributed by atoms with van der Waals surface area (Å²) in [6.45, 7) is 0. The highest BCUT2D eigenvalue weighted by molar-refractivity contribution is 6.00. The summed E-state index contributed by atoms with van der Waals surface area (Å²) in [6, 6.07) is 3.23. The van der Waals surface area contributed by atoms with Gasteiger partial charge in [-0.05, 0) is 30.3 Å². The number of hydrogen-bond donors (Lipinski definition) is 1. The zero-order valence-corrected chi connectivity index (χ0v) is 12.0. The second-order valence-electron chi connectivity index (χ2n) is 4.91. The molecule has 24 heavy (non-hydrogen) atoms. The summed E-state index contributed by atoms with van der Waals surface area (Å²) < 4.78 is 54.7. The van der Waals surface area contributed by atoms with Gasteiger partial charge in [-0.1, -0.05) is 0 Å². The summed E-state index contributed by atoms with van der Waals surface area (Å²) in [5.41, 5.74) is -0.346. The van der Waals surface area contributed by atoms with Crippen LogP contribution in [0, 0.1) is 11.6 Å². The molecule has 0 saturated heterocycles. The van der Waals surface area contributed by atoms with E-state index in [0.717, 1.165) is 23.0 Å². The Labute approximate surface area is 132 Å². The maximum absolute atomic E-state index is 13.7. The molecule has 9 heteroatoms. The zero-order chi connectivity index (χ0) is 17.3. The van der Waals surface area contributed by atoms with Crippen molar-refractivity contribution in [3.05, 3.63) is 65.5 Å². The maximum Gasteiger partial charge on any atom is 0.262 e. The lowest BCUT2D eigenvalue weighted by Gasteiger charge is -2.18. The summed E-state index contributed by atoms with van der Waals surface area (Å²) in [5.74, 6) is -2.82. The van der Waals surface area contributed by atoms with E-state index in [0.29, 0.717) is 11.6 Å². The molecule has 1 aromatic carbocycles. The molecule has 0 saturated carbocycles. The Kier molecular flexibility index (Phi) is 4.15. The number of aromatic nitrogens is 3. The minimum absolute atomic E-state index is 0.00874. The van der Waals surface area contributed by atoms with E-state index in [9.17, 15) is 22.4 Å². The number of carbonyl (C=O) groups excluding carboxylic acids is 1. The van der Waals surface area contributed by atoms with Crippen LogP contribution in [-0.2, 0) is 0 Å². The van der Waals surface area contributed by atoms with Crippen LogP contribution in [0.2, 0.25) is 0 Å². The Balaban J connectivity index is 1.94. The van der Waals surface area contributed by atoms with Gasteiger partial charge in [0.15, 0.2) is 0 Å². The van der Waals surface area contributed by atoms with Crippen LogP contribution in [0.5, 0.6) is 0 Å². The summed E-state index contributed by atoms with van der Waals surface area (Å²) >= 11 is 0. The van der Waals surface area contributed by atoms with Gasteiger partial charge < -0.3 is 5.32 Å². The molecule has 1 N–H and O–H groups in total. The van der Waals surface area contributed by atoms with Gasteiger partial charge in [-0.25, -0.2) is 17.6 Å². The van der Waals surface area contributed by atoms with Crippen molar-refractivity contribution in [2.75, 3.05) is 0 Å². The summed E-state index contributed by atoms with van der Waals surface area (Å²) in [6.07, 6.45) is -0.543. The Morgan fingerprint density at radius 2 is 1.96 bits per heavy atom.